The Labute approximate surface area is 106 Å². The molecule has 3 N–H and O–H groups in total. The van der Waals surface area contributed by atoms with Crippen LogP contribution >= 0.6 is 0 Å². The Hall–Kier alpha value is -2.04. The van der Waals surface area contributed by atoms with Crippen molar-refractivity contribution in [1.82, 2.24) is 5.32 Å². The lowest BCUT2D eigenvalue weighted by Gasteiger charge is -2.12. The maximum atomic E-state index is 11.5. The summed E-state index contributed by atoms with van der Waals surface area (Å²) in [5.74, 6) is -0.126. The number of hydrogen-bond donors (Lipinski definition) is 2. The van der Waals surface area contributed by atoms with Gasteiger partial charge in [0.05, 0.1) is 0 Å². The van der Waals surface area contributed by atoms with Crippen molar-refractivity contribution in [3.05, 3.63) is 29.8 Å². The van der Waals surface area contributed by atoms with Gasteiger partial charge in [-0.15, -0.1) is 0 Å². The van der Waals surface area contributed by atoms with E-state index in [0.29, 0.717) is 11.3 Å². The molecule has 0 aliphatic carbocycles. The monoisotopic (exact) mass is 250 g/mol. The van der Waals surface area contributed by atoms with Crippen LogP contribution in [0.4, 0.5) is 0 Å². The molecule has 1 aromatic rings. The fraction of sp³-hybridized carbons (Fsp3) is 0.385. The minimum absolute atomic E-state index is 0.0414. The molecule has 1 atom stereocenters. The number of carbonyl (C=O) groups is 2. The van der Waals surface area contributed by atoms with Crippen LogP contribution in [0.15, 0.2) is 24.3 Å². The molecule has 0 fully saturated rings. The average molecular weight is 250 g/mol. The number of primary amides is 1. The van der Waals surface area contributed by atoms with Gasteiger partial charge in [-0.1, -0.05) is 6.92 Å². The van der Waals surface area contributed by atoms with E-state index in [9.17, 15) is 9.59 Å². The highest BCUT2D eigenvalue weighted by molar-refractivity contribution is 5.92. The standard InChI is InChI=1S/C13H18N2O3/c1-3-9(2)15-12(16)8-18-11-6-4-10(5-7-11)13(14)17/h4-7,9H,3,8H2,1-2H3,(H2,14,17)(H,15,16)/t9-/m0/s1. The van der Waals surface area contributed by atoms with E-state index in [1.807, 2.05) is 13.8 Å². The fourth-order valence-electron chi connectivity index (χ4n) is 1.28. The van der Waals surface area contributed by atoms with Crippen molar-refractivity contribution in [1.29, 1.82) is 0 Å². The first-order valence-electron chi connectivity index (χ1n) is 5.85. The molecule has 0 aliphatic heterocycles. The van der Waals surface area contributed by atoms with Crippen LogP contribution in [-0.4, -0.2) is 24.5 Å². The van der Waals surface area contributed by atoms with Gasteiger partial charge in [0.1, 0.15) is 5.75 Å². The van der Waals surface area contributed by atoms with Gasteiger partial charge in [-0.05, 0) is 37.6 Å². The number of rotatable bonds is 6. The van der Waals surface area contributed by atoms with E-state index in [2.05, 4.69) is 5.32 Å². The summed E-state index contributed by atoms with van der Waals surface area (Å²) in [6.45, 7) is 3.88. The molecule has 2 amide bonds. The van der Waals surface area contributed by atoms with E-state index < -0.39 is 5.91 Å². The smallest absolute Gasteiger partial charge is 0.258 e. The maximum Gasteiger partial charge on any atom is 0.258 e. The summed E-state index contributed by atoms with van der Waals surface area (Å²) in [4.78, 5) is 22.3. The highest BCUT2D eigenvalue weighted by Crippen LogP contribution is 2.11. The Morgan fingerprint density at radius 2 is 1.94 bits per heavy atom. The largest absolute Gasteiger partial charge is 0.484 e. The lowest BCUT2D eigenvalue weighted by Crippen LogP contribution is -2.35. The number of ether oxygens (including phenoxy) is 1. The highest BCUT2D eigenvalue weighted by Gasteiger charge is 2.06. The van der Waals surface area contributed by atoms with Crippen LogP contribution in [0.3, 0.4) is 0 Å². The molecule has 0 aromatic heterocycles. The number of benzene rings is 1. The predicted molar refractivity (Wildman–Crippen MR) is 68.4 cm³/mol. The Kier molecular flexibility index (Phi) is 5.17. The molecule has 0 aliphatic rings. The molecular weight excluding hydrogens is 232 g/mol. The molecule has 0 saturated heterocycles. The summed E-state index contributed by atoms with van der Waals surface area (Å²) >= 11 is 0. The van der Waals surface area contributed by atoms with Crippen molar-refractivity contribution in [3.8, 4) is 5.75 Å². The first kappa shape index (κ1) is 14.0. The zero-order valence-electron chi connectivity index (χ0n) is 10.6. The maximum absolute atomic E-state index is 11.5. The van der Waals surface area contributed by atoms with E-state index >= 15 is 0 Å². The molecule has 0 radical (unpaired) electrons. The topological polar surface area (TPSA) is 81.4 Å². The third-order valence-corrected chi connectivity index (χ3v) is 2.53. The van der Waals surface area contributed by atoms with Crippen LogP contribution in [0.1, 0.15) is 30.6 Å². The van der Waals surface area contributed by atoms with Crippen LogP contribution in [0, 0.1) is 0 Å². The van der Waals surface area contributed by atoms with E-state index in [1.165, 1.54) is 0 Å². The number of hydrogen-bond acceptors (Lipinski definition) is 3. The molecule has 1 aromatic carbocycles. The van der Waals surface area contributed by atoms with Gasteiger partial charge >= 0.3 is 0 Å². The van der Waals surface area contributed by atoms with Crippen LogP contribution in [0.5, 0.6) is 5.75 Å². The van der Waals surface area contributed by atoms with E-state index in [4.69, 9.17) is 10.5 Å². The Morgan fingerprint density at radius 1 is 1.33 bits per heavy atom. The lowest BCUT2D eigenvalue weighted by atomic mass is 10.2. The third-order valence-electron chi connectivity index (χ3n) is 2.53. The number of carbonyl (C=O) groups excluding carboxylic acids is 2. The van der Waals surface area contributed by atoms with Crippen molar-refractivity contribution in [3.63, 3.8) is 0 Å². The summed E-state index contributed by atoms with van der Waals surface area (Å²) in [6, 6.07) is 6.47. The molecule has 0 heterocycles. The molecular formula is C13H18N2O3. The van der Waals surface area contributed by atoms with Crippen LogP contribution in [0.2, 0.25) is 0 Å². The summed E-state index contributed by atoms with van der Waals surface area (Å²) in [6.07, 6.45) is 0.874. The predicted octanol–water partition coefficient (Wildman–Crippen LogP) is 1.08. The quantitative estimate of drug-likeness (QED) is 0.792. The zero-order chi connectivity index (χ0) is 13.5. The lowest BCUT2D eigenvalue weighted by molar-refractivity contribution is -0.123. The average Bonchev–Trinajstić information content (AvgIpc) is 2.36. The van der Waals surface area contributed by atoms with Crippen LogP contribution in [-0.2, 0) is 4.79 Å². The summed E-state index contributed by atoms with van der Waals surface area (Å²) in [5, 5.41) is 2.79. The van der Waals surface area contributed by atoms with Gasteiger partial charge in [0.2, 0.25) is 5.91 Å². The summed E-state index contributed by atoms with van der Waals surface area (Å²) in [5.41, 5.74) is 5.52. The molecule has 0 saturated carbocycles. The molecule has 0 unspecified atom stereocenters. The van der Waals surface area contributed by atoms with Crippen molar-refractivity contribution in [2.75, 3.05) is 6.61 Å². The molecule has 98 valence electrons. The first-order chi connectivity index (χ1) is 8.52. The van der Waals surface area contributed by atoms with Crippen LogP contribution < -0.4 is 15.8 Å². The van der Waals surface area contributed by atoms with Gasteiger partial charge in [-0.25, -0.2) is 0 Å². The van der Waals surface area contributed by atoms with Gasteiger partial charge in [-0.2, -0.15) is 0 Å². The fourth-order valence-corrected chi connectivity index (χ4v) is 1.28. The minimum Gasteiger partial charge on any atom is -0.484 e. The van der Waals surface area contributed by atoms with Gasteiger partial charge in [-0.3, -0.25) is 9.59 Å². The van der Waals surface area contributed by atoms with Gasteiger partial charge in [0.15, 0.2) is 6.61 Å². The Morgan fingerprint density at radius 3 is 2.44 bits per heavy atom. The van der Waals surface area contributed by atoms with E-state index in [-0.39, 0.29) is 18.6 Å². The Bertz CT molecular complexity index is 415. The summed E-state index contributed by atoms with van der Waals surface area (Å²) in [7, 11) is 0. The number of amides is 2. The second-order valence-corrected chi connectivity index (χ2v) is 4.05. The van der Waals surface area contributed by atoms with Crippen LogP contribution in [0.25, 0.3) is 0 Å². The molecule has 5 heteroatoms. The third kappa shape index (κ3) is 4.45. The Balaban J connectivity index is 2.44. The normalized spacial score (nSPS) is 11.7. The highest BCUT2D eigenvalue weighted by atomic mass is 16.5. The van der Waals surface area contributed by atoms with E-state index in [1.54, 1.807) is 24.3 Å². The van der Waals surface area contributed by atoms with Gasteiger partial charge < -0.3 is 15.8 Å². The van der Waals surface area contributed by atoms with Crippen molar-refractivity contribution in [2.45, 2.75) is 26.3 Å². The molecule has 18 heavy (non-hydrogen) atoms. The van der Waals surface area contributed by atoms with Gasteiger partial charge in [0, 0.05) is 11.6 Å². The summed E-state index contributed by atoms with van der Waals surface area (Å²) < 4.78 is 5.28. The van der Waals surface area contributed by atoms with E-state index in [0.717, 1.165) is 6.42 Å². The molecule has 0 spiro atoms. The molecule has 5 nitrogen and oxygen atoms in total. The number of nitrogens with two attached hydrogens (primary N) is 1. The van der Waals surface area contributed by atoms with Gasteiger partial charge in [0.25, 0.3) is 5.91 Å². The van der Waals surface area contributed by atoms with Crippen molar-refractivity contribution < 1.29 is 14.3 Å². The van der Waals surface area contributed by atoms with Crippen molar-refractivity contribution in [2.24, 2.45) is 5.73 Å². The number of nitrogens with one attached hydrogen (secondary N) is 1. The first-order valence-corrected chi connectivity index (χ1v) is 5.85. The molecule has 1 rings (SSSR count). The molecule has 0 bridgehead atoms. The second kappa shape index (κ2) is 6.64. The second-order valence-electron chi connectivity index (χ2n) is 4.05. The van der Waals surface area contributed by atoms with Crippen molar-refractivity contribution >= 4 is 11.8 Å². The SMILES string of the molecule is CC[C@H](C)NC(=O)COc1ccc(C(N)=O)cc1. The minimum atomic E-state index is -0.490. The zero-order valence-corrected chi connectivity index (χ0v) is 10.6.